The Balaban J connectivity index is 1.38. The molecule has 5 rings (SSSR count). The van der Waals surface area contributed by atoms with Gasteiger partial charge < -0.3 is 4.90 Å². The van der Waals surface area contributed by atoms with Gasteiger partial charge in [0.1, 0.15) is 5.82 Å². The van der Waals surface area contributed by atoms with Gasteiger partial charge >= 0.3 is 0 Å². The van der Waals surface area contributed by atoms with Crippen molar-refractivity contribution in [1.29, 1.82) is 0 Å². The first kappa shape index (κ1) is 17.0. The fraction of sp³-hybridized carbons (Fsp3) is 0.444. The third-order valence-corrected chi connectivity index (χ3v) is 5.24. The van der Waals surface area contributed by atoms with Crippen LogP contribution >= 0.6 is 0 Å². The lowest BCUT2D eigenvalue weighted by Crippen LogP contribution is -2.31. The van der Waals surface area contributed by atoms with Crippen molar-refractivity contribution in [2.75, 3.05) is 20.1 Å². The first-order valence-electron chi connectivity index (χ1n) is 9.44. The summed E-state index contributed by atoms with van der Waals surface area (Å²) in [4.78, 5) is 11.5. The lowest BCUT2D eigenvalue weighted by Gasteiger charge is -2.28. The summed E-state index contributed by atoms with van der Waals surface area (Å²) in [6, 6.07) is 2.35. The smallest absolute Gasteiger partial charge is 0.188 e. The number of fused-ring (bicyclic) bond motifs is 1. The van der Waals surface area contributed by atoms with E-state index in [1.54, 1.807) is 15.6 Å². The molecular formula is C18H22N10. The lowest BCUT2D eigenvalue weighted by atomic mass is 10.1. The predicted molar refractivity (Wildman–Crippen MR) is 102 cm³/mol. The second-order valence-corrected chi connectivity index (χ2v) is 7.38. The van der Waals surface area contributed by atoms with Gasteiger partial charge in [0.25, 0.3) is 0 Å². The SMILES string of the molecule is CN1CCC(n2cc(Cc3ncc4nnn(-c5ccn(C)n5)c4n3)cn2)CC1. The molecule has 10 nitrogen and oxygen atoms in total. The molecule has 144 valence electrons. The molecule has 0 atom stereocenters. The summed E-state index contributed by atoms with van der Waals surface area (Å²) in [7, 11) is 4.04. The fourth-order valence-corrected chi connectivity index (χ4v) is 3.63. The van der Waals surface area contributed by atoms with Gasteiger partial charge in [-0.1, -0.05) is 5.21 Å². The Kier molecular flexibility index (Phi) is 4.12. The Hall–Kier alpha value is -3.14. The van der Waals surface area contributed by atoms with Gasteiger partial charge in [0.05, 0.1) is 18.4 Å². The van der Waals surface area contributed by atoms with Crippen LogP contribution in [0.1, 0.15) is 30.3 Å². The zero-order chi connectivity index (χ0) is 19.1. The van der Waals surface area contributed by atoms with Crippen LogP contribution in [0.3, 0.4) is 0 Å². The van der Waals surface area contributed by atoms with Gasteiger partial charge in [0.2, 0.25) is 0 Å². The summed E-state index contributed by atoms with van der Waals surface area (Å²) in [5, 5.41) is 17.3. The Morgan fingerprint density at radius 3 is 2.79 bits per heavy atom. The van der Waals surface area contributed by atoms with Gasteiger partial charge in [-0.2, -0.15) is 14.9 Å². The molecule has 0 aromatic carbocycles. The molecule has 0 bridgehead atoms. The van der Waals surface area contributed by atoms with E-state index >= 15 is 0 Å². The number of aryl methyl sites for hydroxylation is 1. The van der Waals surface area contributed by atoms with E-state index in [4.69, 9.17) is 0 Å². The third kappa shape index (κ3) is 3.15. The number of nitrogens with zero attached hydrogens (tertiary/aromatic N) is 10. The number of aromatic nitrogens is 9. The molecule has 0 aliphatic carbocycles. The highest BCUT2D eigenvalue weighted by atomic mass is 15.5. The average molecular weight is 378 g/mol. The highest BCUT2D eigenvalue weighted by Crippen LogP contribution is 2.22. The van der Waals surface area contributed by atoms with Crippen LogP contribution in [0.15, 0.2) is 30.9 Å². The topological polar surface area (TPSA) is 95.4 Å². The molecule has 28 heavy (non-hydrogen) atoms. The van der Waals surface area contributed by atoms with Gasteiger partial charge in [0, 0.05) is 31.9 Å². The number of likely N-dealkylation sites (tertiary alicyclic amines) is 1. The maximum atomic E-state index is 4.68. The fourth-order valence-electron chi connectivity index (χ4n) is 3.63. The van der Waals surface area contributed by atoms with Crippen molar-refractivity contribution in [2.45, 2.75) is 25.3 Å². The summed E-state index contributed by atoms with van der Waals surface area (Å²) < 4.78 is 5.46. The van der Waals surface area contributed by atoms with E-state index in [1.807, 2.05) is 25.5 Å². The van der Waals surface area contributed by atoms with Gasteiger partial charge in [-0.3, -0.25) is 9.36 Å². The molecule has 1 aliphatic rings. The van der Waals surface area contributed by atoms with Crippen LogP contribution in [0.25, 0.3) is 17.0 Å². The Morgan fingerprint density at radius 1 is 1.14 bits per heavy atom. The van der Waals surface area contributed by atoms with E-state index in [0.717, 1.165) is 37.3 Å². The number of hydrogen-bond acceptors (Lipinski definition) is 7. The second-order valence-electron chi connectivity index (χ2n) is 7.38. The minimum atomic E-state index is 0.475. The lowest BCUT2D eigenvalue weighted by molar-refractivity contribution is 0.212. The van der Waals surface area contributed by atoms with Crippen molar-refractivity contribution >= 4 is 11.2 Å². The molecule has 1 fully saturated rings. The van der Waals surface area contributed by atoms with Crippen LogP contribution in [0.2, 0.25) is 0 Å². The molecule has 5 heterocycles. The van der Waals surface area contributed by atoms with Gasteiger partial charge in [-0.25, -0.2) is 9.97 Å². The monoisotopic (exact) mass is 378 g/mol. The Morgan fingerprint density at radius 2 is 2.00 bits per heavy atom. The molecule has 1 saturated heterocycles. The summed E-state index contributed by atoms with van der Waals surface area (Å²) in [5.74, 6) is 1.40. The molecule has 0 N–H and O–H groups in total. The van der Waals surface area contributed by atoms with Crippen molar-refractivity contribution in [3.05, 3.63) is 42.2 Å². The van der Waals surface area contributed by atoms with Crippen molar-refractivity contribution < 1.29 is 0 Å². The predicted octanol–water partition coefficient (Wildman–Crippen LogP) is 0.998. The second kappa shape index (κ2) is 6.79. The molecular weight excluding hydrogens is 356 g/mol. The van der Waals surface area contributed by atoms with Crippen molar-refractivity contribution in [1.82, 2.24) is 49.4 Å². The van der Waals surface area contributed by atoms with Crippen LogP contribution in [-0.2, 0) is 13.5 Å². The van der Waals surface area contributed by atoms with Gasteiger partial charge in [-0.05, 0) is 38.5 Å². The average Bonchev–Trinajstić information content (AvgIpc) is 3.42. The van der Waals surface area contributed by atoms with Crippen LogP contribution in [0.5, 0.6) is 0 Å². The van der Waals surface area contributed by atoms with E-state index in [0.29, 0.717) is 29.4 Å². The Bertz CT molecular complexity index is 1100. The molecule has 4 aromatic rings. The molecule has 0 unspecified atom stereocenters. The van der Waals surface area contributed by atoms with Crippen molar-refractivity contribution in [2.24, 2.45) is 7.05 Å². The largest absolute Gasteiger partial charge is 0.306 e. The van der Waals surface area contributed by atoms with Crippen molar-refractivity contribution in [3.63, 3.8) is 0 Å². The van der Waals surface area contributed by atoms with Gasteiger partial charge in [-0.15, -0.1) is 5.10 Å². The number of hydrogen-bond donors (Lipinski definition) is 0. The zero-order valence-electron chi connectivity index (χ0n) is 16.0. The molecule has 10 heteroatoms. The molecule has 0 radical (unpaired) electrons. The quantitative estimate of drug-likeness (QED) is 0.523. The Labute approximate surface area is 161 Å². The highest BCUT2D eigenvalue weighted by Gasteiger charge is 2.19. The molecule has 0 amide bonds. The van der Waals surface area contributed by atoms with Crippen LogP contribution in [-0.4, -0.2) is 69.6 Å². The summed E-state index contributed by atoms with van der Waals surface area (Å²) in [5.41, 5.74) is 2.41. The molecule has 0 spiro atoms. The highest BCUT2D eigenvalue weighted by molar-refractivity contribution is 5.69. The van der Waals surface area contributed by atoms with E-state index < -0.39 is 0 Å². The molecule has 4 aromatic heterocycles. The maximum Gasteiger partial charge on any atom is 0.188 e. The maximum absolute atomic E-state index is 4.68. The van der Waals surface area contributed by atoms with E-state index in [1.165, 1.54) is 0 Å². The van der Waals surface area contributed by atoms with E-state index in [-0.39, 0.29) is 0 Å². The first-order valence-corrected chi connectivity index (χ1v) is 9.44. The zero-order valence-corrected chi connectivity index (χ0v) is 16.0. The number of rotatable bonds is 4. The summed E-state index contributed by atoms with van der Waals surface area (Å²) in [6.45, 7) is 2.23. The van der Waals surface area contributed by atoms with Crippen LogP contribution < -0.4 is 0 Å². The minimum Gasteiger partial charge on any atom is -0.306 e. The normalized spacial score (nSPS) is 16.2. The van der Waals surface area contributed by atoms with E-state index in [9.17, 15) is 0 Å². The molecule has 1 aliphatic heterocycles. The van der Waals surface area contributed by atoms with E-state index in [2.05, 4.69) is 53.3 Å². The minimum absolute atomic E-state index is 0.475. The number of piperidine rings is 1. The third-order valence-electron chi connectivity index (χ3n) is 5.24. The molecule has 0 saturated carbocycles. The van der Waals surface area contributed by atoms with Gasteiger partial charge in [0.15, 0.2) is 17.0 Å². The summed E-state index contributed by atoms with van der Waals surface area (Å²) >= 11 is 0. The standard InChI is InChI=1S/C18H22N10/c1-25-6-3-14(4-7-25)27-12-13(10-20-27)9-16-19-11-15-18(21-16)28(24-22-15)17-5-8-26(2)23-17/h5,8,10-12,14H,3-4,6-7,9H2,1-2H3. The first-order chi connectivity index (χ1) is 13.7. The van der Waals surface area contributed by atoms with Crippen molar-refractivity contribution in [3.8, 4) is 5.82 Å². The van der Waals surface area contributed by atoms with Crippen LogP contribution in [0, 0.1) is 0 Å². The summed E-state index contributed by atoms with van der Waals surface area (Å²) in [6.07, 6.45) is 10.5. The van der Waals surface area contributed by atoms with Crippen LogP contribution in [0.4, 0.5) is 0 Å².